The third-order valence-corrected chi connectivity index (χ3v) is 3.18. The van der Waals surface area contributed by atoms with Gasteiger partial charge in [-0.3, -0.25) is 9.59 Å². The second-order valence-corrected chi connectivity index (χ2v) is 4.53. The van der Waals surface area contributed by atoms with E-state index in [4.69, 9.17) is 0 Å². The lowest BCUT2D eigenvalue weighted by Crippen LogP contribution is -2.13. The average Bonchev–Trinajstić information content (AvgIpc) is 2.31. The molecule has 2 aromatic rings. The summed E-state index contributed by atoms with van der Waals surface area (Å²) in [5, 5.41) is 0. The highest BCUT2D eigenvalue weighted by Crippen LogP contribution is 2.21. The fourth-order valence-corrected chi connectivity index (χ4v) is 2.12. The van der Waals surface area contributed by atoms with E-state index in [1.165, 1.54) is 6.07 Å². The second-order valence-electron chi connectivity index (χ2n) is 3.67. The van der Waals surface area contributed by atoms with Gasteiger partial charge in [-0.2, -0.15) is 0 Å². The van der Waals surface area contributed by atoms with Crippen molar-refractivity contribution in [2.45, 2.75) is 6.92 Å². The molecular weight excluding hydrogens is 282 g/mol. The molecule has 1 heterocycles. The molecule has 0 saturated heterocycles. The van der Waals surface area contributed by atoms with E-state index in [0.29, 0.717) is 6.29 Å². The van der Waals surface area contributed by atoms with Crippen molar-refractivity contribution in [3.63, 3.8) is 0 Å². The van der Waals surface area contributed by atoms with E-state index in [-0.39, 0.29) is 11.0 Å². The number of aryl methyl sites for hydroxylation is 1. The van der Waals surface area contributed by atoms with Crippen LogP contribution in [0.4, 0.5) is 0 Å². The number of benzene rings is 1. The van der Waals surface area contributed by atoms with Crippen molar-refractivity contribution >= 4 is 22.2 Å². The number of hydrogen-bond acceptors (Lipinski definition) is 2. The van der Waals surface area contributed by atoms with E-state index in [1.54, 1.807) is 6.20 Å². The van der Waals surface area contributed by atoms with Gasteiger partial charge < -0.3 is 4.57 Å². The molecule has 0 fully saturated rings. The summed E-state index contributed by atoms with van der Waals surface area (Å²) in [7, 11) is 0. The first-order chi connectivity index (χ1) is 8.13. The zero-order valence-electron chi connectivity index (χ0n) is 9.18. The SMILES string of the molecule is Cc1cc(=O)c(C=O)cn1-c1ccccc1Br. The van der Waals surface area contributed by atoms with Crippen LogP contribution in [-0.4, -0.2) is 10.9 Å². The van der Waals surface area contributed by atoms with Gasteiger partial charge in [-0.15, -0.1) is 0 Å². The molecule has 0 aliphatic heterocycles. The van der Waals surface area contributed by atoms with E-state index in [0.717, 1.165) is 15.9 Å². The first kappa shape index (κ1) is 11.8. The van der Waals surface area contributed by atoms with Gasteiger partial charge in [0, 0.05) is 22.4 Å². The quantitative estimate of drug-likeness (QED) is 0.798. The molecule has 86 valence electrons. The number of carbonyl (C=O) groups is 1. The van der Waals surface area contributed by atoms with Crippen LogP contribution in [0.2, 0.25) is 0 Å². The normalized spacial score (nSPS) is 10.2. The van der Waals surface area contributed by atoms with Crippen LogP contribution < -0.4 is 5.43 Å². The van der Waals surface area contributed by atoms with Gasteiger partial charge in [0.25, 0.3) is 0 Å². The topological polar surface area (TPSA) is 39.1 Å². The van der Waals surface area contributed by atoms with Crippen LogP contribution in [0.15, 0.2) is 45.8 Å². The van der Waals surface area contributed by atoms with E-state index < -0.39 is 0 Å². The van der Waals surface area contributed by atoms with Crippen LogP contribution in [0.1, 0.15) is 16.1 Å². The maximum Gasteiger partial charge on any atom is 0.192 e. The van der Waals surface area contributed by atoms with Gasteiger partial charge in [-0.05, 0) is 35.0 Å². The molecule has 3 nitrogen and oxygen atoms in total. The molecule has 0 N–H and O–H groups in total. The number of para-hydroxylation sites is 1. The summed E-state index contributed by atoms with van der Waals surface area (Å²) in [6.07, 6.45) is 2.14. The van der Waals surface area contributed by atoms with Crippen molar-refractivity contribution in [2.24, 2.45) is 0 Å². The molecule has 0 aliphatic rings. The van der Waals surface area contributed by atoms with Crippen LogP contribution >= 0.6 is 15.9 Å². The lowest BCUT2D eigenvalue weighted by Gasteiger charge is -2.12. The van der Waals surface area contributed by atoms with E-state index in [2.05, 4.69) is 15.9 Å². The minimum absolute atomic E-state index is 0.159. The maximum atomic E-state index is 11.5. The number of pyridine rings is 1. The first-order valence-corrected chi connectivity index (χ1v) is 5.86. The standard InChI is InChI=1S/C13H10BrNO2/c1-9-6-13(17)10(8-16)7-15(9)12-5-3-2-4-11(12)14/h2-8H,1H3. The van der Waals surface area contributed by atoms with Gasteiger partial charge in [-0.25, -0.2) is 0 Å². The molecular formula is C13H10BrNO2. The summed E-state index contributed by atoms with van der Waals surface area (Å²) in [6, 6.07) is 9.09. The molecule has 0 atom stereocenters. The summed E-state index contributed by atoms with van der Waals surface area (Å²) in [5.74, 6) is 0. The summed E-state index contributed by atoms with van der Waals surface area (Å²) >= 11 is 3.44. The highest BCUT2D eigenvalue weighted by molar-refractivity contribution is 9.10. The number of rotatable bonds is 2. The Morgan fingerprint density at radius 1 is 1.29 bits per heavy atom. The smallest absolute Gasteiger partial charge is 0.192 e. The van der Waals surface area contributed by atoms with Gasteiger partial charge in [0.2, 0.25) is 0 Å². The zero-order chi connectivity index (χ0) is 12.4. The molecule has 4 heteroatoms. The lowest BCUT2D eigenvalue weighted by molar-refractivity contribution is 0.112. The number of hydrogen-bond donors (Lipinski definition) is 0. The Morgan fingerprint density at radius 3 is 2.65 bits per heavy atom. The Bertz CT molecular complexity index is 632. The molecule has 0 bridgehead atoms. The summed E-state index contributed by atoms with van der Waals surface area (Å²) in [4.78, 5) is 22.3. The van der Waals surface area contributed by atoms with Gasteiger partial charge in [0.1, 0.15) is 0 Å². The van der Waals surface area contributed by atoms with Gasteiger partial charge in [0.05, 0.1) is 11.3 Å². The Balaban J connectivity index is 2.72. The molecule has 17 heavy (non-hydrogen) atoms. The van der Waals surface area contributed by atoms with Gasteiger partial charge >= 0.3 is 0 Å². The van der Waals surface area contributed by atoms with Crippen LogP contribution in [0.3, 0.4) is 0 Å². The maximum absolute atomic E-state index is 11.5. The Morgan fingerprint density at radius 2 is 2.00 bits per heavy atom. The monoisotopic (exact) mass is 291 g/mol. The van der Waals surface area contributed by atoms with Crippen LogP contribution in [0.5, 0.6) is 0 Å². The number of aromatic nitrogens is 1. The molecule has 0 spiro atoms. The Labute approximate surface area is 107 Å². The number of nitrogens with zero attached hydrogens (tertiary/aromatic N) is 1. The highest BCUT2D eigenvalue weighted by Gasteiger charge is 2.06. The van der Waals surface area contributed by atoms with Crippen molar-refractivity contribution in [2.75, 3.05) is 0 Å². The molecule has 0 amide bonds. The van der Waals surface area contributed by atoms with E-state index in [1.807, 2.05) is 35.8 Å². The van der Waals surface area contributed by atoms with E-state index >= 15 is 0 Å². The number of aldehydes is 1. The Hall–Kier alpha value is -1.68. The van der Waals surface area contributed by atoms with Crippen LogP contribution in [0, 0.1) is 6.92 Å². The minimum atomic E-state index is -0.249. The van der Waals surface area contributed by atoms with Crippen LogP contribution in [0.25, 0.3) is 5.69 Å². The first-order valence-electron chi connectivity index (χ1n) is 5.07. The minimum Gasteiger partial charge on any atom is -0.319 e. The molecule has 1 aromatic heterocycles. The average molecular weight is 292 g/mol. The molecule has 0 saturated carbocycles. The Kier molecular flexibility index (Phi) is 3.24. The van der Waals surface area contributed by atoms with Crippen molar-refractivity contribution in [1.82, 2.24) is 4.57 Å². The fraction of sp³-hybridized carbons (Fsp3) is 0.0769. The predicted molar refractivity (Wildman–Crippen MR) is 69.9 cm³/mol. The second kappa shape index (κ2) is 4.67. The highest BCUT2D eigenvalue weighted by atomic mass is 79.9. The molecule has 0 radical (unpaired) electrons. The lowest BCUT2D eigenvalue weighted by atomic mass is 10.2. The summed E-state index contributed by atoms with van der Waals surface area (Å²) < 4.78 is 2.72. The van der Waals surface area contributed by atoms with Crippen molar-refractivity contribution in [3.05, 3.63) is 62.5 Å². The van der Waals surface area contributed by atoms with Crippen molar-refractivity contribution < 1.29 is 4.79 Å². The number of carbonyl (C=O) groups excluding carboxylic acids is 1. The van der Waals surface area contributed by atoms with Crippen molar-refractivity contribution in [3.8, 4) is 5.69 Å². The molecule has 0 unspecified atom stereocenters. The van der Waals surface area contributed by atoms with E-state index in [9.17, 15) is 9.59 Å². The van der Waals surface area contributed by atoms with Crippen LogP contribution in [-0.2, 0) is 0 Å². The zero-order valence-corrected chi connectivity index (χ0v) is 10.8. The summed E-state index contributed by atoms with van der Waals surface area (Å²) in [5.41, 5.74) is 1.59. The predicted octanol–water partition coefficient (Wildman–Crippen LogP) is 2.72. The molecule has 0 aliphatic carbocycles. The summed E-state index contributed by atoms with van der Waals surface area (Å²) in [6.45, 7) is 1.83. The number of halogens is 1. The third kappa shape index (κ3) is 2.22. The fourth-order valence-electron chi connectivity index (χ4n) is 1.64. The van der Waals surface area contributed by atoms with Gasteiger partial charge in [-0.1, -0.05) is 12.1 Å². The molecule has 1 aromatic carbocycles. The molecule has 2 rings (SSSR count). The van der Waals surface area contributed by atoms with Crippen molar-refractivity contribution in [1.29, 1.82) is 0 Å². The largest absolute Gasteiger partial charge is 0.319 e. The third-order valence-electron chi connectivity index (χ3n) is 2.51. The van der Waals surface area contributed by atoms with Gasteiger partial charge in [0.15, 0.2) is 11.7 Å².